The van der Waals surface area contributed by atoms with Gasteiger partial charge in [0.1, 0.15) is 5.69 Å². The van der Waals surface area contributed by atoms with Crippen molar-refractivity contribution in [1.82, 2.24) is 20.1 Å². The highest BCUT2D eigenvalue weighted by Crippen LogP contribution is 2.19. The van der Waals surface area contributed by atoms with Gasteiger partial charge in [-0.15, -0.1) is 0 Å². The second-order valence-electron chi connectivity index (χ2n) is 4.80. The number of carbonyl (C=O) groups is 1. The third-order valence-electron chi connectivity index (χ3n) is 3.21. The Morgan fingerprint density at radius 2 is 2.05 bits per heavy atom. The number of amides is 1. The average Bonchev–Trinajstić information content (AvgIpc) is 2.64. The summed E-state index contributed by atoms with van der Waals surface area (Å²) < 4.78 is 1.49. The van der Waals surface area contributed by atoms with Gasteiger partial charge in [-0.05, 0) is 31.9 Å². The molecule has 0 fully saturated rings. The Hall–Kier alpha value is -1.88. The molecule has 2 aromatic heterocycles. The molecule has 106 valence electrons. The number of pyridine rings is 1. The van der Waals surface area contributed by atoms with Gasteiger partial charge in [0.25, 0.3) is 5.91 Å². The quantitative estimate of drug-likeness (QED) is 0.944. The first-order valence-electron chi connectivity index (χ1n) is 6.29. The van der Waals surface area contributed by atoms with Crippen LogP contribution in [-0.4, -0.2) is 20.7 Å². The SMILES string of the molecule is Cc1cc(CNC(=O)c2c(Cl)c(C)nn2C)cnc1C. The Balaban J connectivity index is 2.10. The first-order chi connectivity index (χ1) is 9.40. The highest BCUT2D eigenvalue weighted by atomic mass is 35.5. The van der Waals surface area contributed by atoms with E-state index < -0.39 is 0 Å². The van der Waals surface area contributed by atoms with Crippen LogP contribution in [0.15, 0.2) is 12.3 Å². The molecule has 0 radical (unpaired) electrons. The van der Waals surface area contributed by atoms with Crippen LogP contribution < -0.4 is 5.32 Å². The van der Waals surface area contributed by atoms with E-state index in [9.17, 15) is 4.79 Å². The molecular formula is C14H17ClN4O. The normalized spacial score (nSPS) is 10.7. The van der Waals surface area contributed by atoms with Gasteiger partial charge in [0.05, 0.1) is 10.7 Å². The van der Waals surface area contributed by atoms with E-state index in [0.717, 1.165) is 16.8 Å². The van der Waals surface area contributed by atoms with E-state index >= 15 is 0 Å². The lowest BCUT2D eigenvalue weighted by atomic mass is 10.1. The van der Waals surface area contributed by atoms with Crippen molar-refractivity contribution in [3.8, 4) is 0 Å². The Labute approximate surface area is 123 Å². The van der Waals surface area contributed by atoms with Crippen molar-refractivity contribution < 1.29 is 4.79 Å². The molecule has 1 amide bonds. The number of halogens is 1. The molecule has 20 heavy (non-hydrogen) atoms. The number of carbonyl (C=O) groups excluding carboxylic acids is 1. The molecule has 2 aromatic rings. The number of nitrogens with one attached hydrogen (secondary N) is 1. The Bertz CT molecular complexity index is 663. The molecule has 0 spiro atoms. The molecule has 0 atom stereocenters. The third-order valence-corrected chi connectivity index (χ3v) is 3.67. The maximum atomic E-state index is 12.1. The summed E-state index contributed by atoms with van der Waals surface area (Å²) in [5.74, 6) is -0.240. The van der Waals surface area contributed by atoms with Crippen molar-refractivity contribution in [2.24, 2.45) is 7.05 Å². The first-order valence-corrected chi connectivity index (χ1v) is 6.67. The second-order valence-corrected chi connectivity index (χ2v) is 5.18. The fourth-order valence-corrected chi connectivity index (χ4v) is 2.19. The van der Waals surface area contributed by atoms with Gasteiger partial charge in [-0.1, -0.05) is 17.7 Å². The van der Waals surface area contributed by atoms with Gasteiger partial charge in [0.15, 0.2) is 0 Å². The Morgan fingerprint density at radius 3 is 2.60 bits per heavy atom. The number of hydrogen-bond donors (Lipinski definition) is 1. The van der Waals surface area contributed by atoms with Crippen LogP contribution in [0.1, 0.15) is 33.0 Å². The molecule has 0 saturated heterocycles. The fourth-order valence-electron chi connectivity index (χ4n) is 1.94. The molecule has 0 aliphatic heterocycles. The second kappa shape index (κ2) is 5.63. The highest BCUT2D eigenvalue weighted by molar-refractivity contribution is 6.34. The van der Waals surface area contributed by atoms with Gasteiger partial charge in [0.2, 0.25) is 0 Å². The average molecular weight is 293 g/mol. The molecule has 2 rings (SSSR count). The van der Waals surface area contributed by atoms with Crippen LogP contribution in [-0.2, 0) is 13.6 Å². The molecular weight excluding hydrogens is 276 g/mol. The van der Waals surface area contributed by atoms with Crippen molar-refractivity contribution in [1.29, 1.82) is 0 Å². The van der Waals surface area contributed by atoms with Gasteiger partial charge in [-0.3, -0.25) is 14.5 Å². The smallest absolute Gasteiger partial charge is 0.271 e. The maximum Gasteiger partial charge on any atom is 0.271 e. The van der Waals surface area contributed by atoms with Crippen molar-refractivity contribution in [2.75, 3.05) is 0 Å². The van der Waals surface area contributed by atoms with E-state index in [4.69, 9.17) is 11.6 Å². The summed E-state index contributed by atoms with van der Waals surface area (Å²) in [6, 6.07) is 2.01. The molecule has 0 bridgehead atoms. The van der Waals surface area contributed by atoms with Gasteiger partial charge >= 0.3 is 0 Å². The summed E-state index contributed by atoms with van der Waals surface area (Å²) in [7, 11) is 1.70. The van der Waals surface area contributed by atoms with E-state index in [-0.39, 0.29) is 5.91 Å². The fraction of sp³-hybridized carbons (Fsp3) is 0.357. The summed E-state index contributed by atoms with van der Waals surface area (Å²) in [6.45, 7) is 6.13. The standard InChI is InChI=1S/C14H17ClN4O/c1-8-5-11(6-16-9(8)2)7-17-14(20)13-12(15)10(3)18-19(13)4/h5-6H,7H2,1-4H3,(H,17,20). The zero-order valence-electron chi connectivity index (χ0n) is 12.0. The van der Waals surface area contributed by atoms with Crippen LogP contribution in [0.3, 0.4) is 0 Å². The van der Waals surface area contributed by atoms with E-state index in [1.54, 1.807) is 20.2 Å². The van der Waals surface area contributed by atoms with Gasteiger partial charge in [0, 0.05) is 25.5 Å². The minimum absolute atomic E-state index is 0.240. The summed E-state index contributed by atoms with van der Waals surface area (Å²) in [5.41, 5.74) is 4.07. The minimum Gasteiger partial charge on any atom is -0.347 e. The highest BCUT2D eigenvalue weighted by Gasteiger charge is 2.18. The molecule has 0 aromatic carbocycles. The predicted octanol–water partition coefficient (Wildman–Crippen LogP) is 2.32. The Morgan fingerprint density at radius 1 is 1.35 bits per heavy atom. The summed E-state index contributed by atoms with van der Waals surface area (Å²) in [4.78, 5) is 16.4. The number of rotatable bonds is 3. The molecule has 5 nitrogen and oxygen atoms in total. The maximum absolute atomic E-state index is 12.1. The van der Waals surface area contributed by atoms with E-state index in [1.165, 1.54) is 4.68 Å². The molecule has 0 aliphatic rings. The lowest BCUT2D eigenvalue weighted by molar-refractivity contribution is 0.0941. The molecule has 0 aliphatic carbocycles. The zero-order chi connectivity index (χ0) is 14.9. The molecule has 1 N–H and O–H groups in total. The first kappa shape index (κ1) is 14.5. The summed E-state index contributed by atoms with van der Waals surface area (Å²) in [5, 5.41) is 7.35. The van der Waals surface area contributed by atoms with Crippen LogP contribution in [0, 0.1) is 20.8 Å². The van der Waals surface area contributed by atoms with Crippen molar-refractivity contribution in [3.05, 3.63) is 45.5 Å². The lowest BCUT2D eigenvalue weighted by Crippen LogP contribution is -2.25. The predicted molar refractivity (Wildman–Crippen MR) is 77.8 cm³/mol. The summed E-state index contributed by atoms with van der Waals surface area (Å²) in [6.07, 6.45) is 1.76. The number of aromatic nitrogens is 3. The summed E-state index contributed by atoms with van der Waals surface area (Å²) >= 11 is 6.08. The molecule has 0 saturated carbocycles. The molecule has 0 unspecified atom stereocenters. The van der Waals surface area contributed by atoms with Crippen LogP contribution in [0.5, 0.6) is 0 Å². The van der Waals surface area contributed by atoms with Gasteiger partial charge in [-0.2, -0.15) is 5.10 Å². The van der Waals surface area contributed by atoms with Crippen LogP contribution in [0.25, 0.3) is 0 Å². The monoisotopic (exact) mass is 292 g/mol. The van der Waals surface area contributed by atoms with E-state index in [1.807, 2.05) is 19.9 Å². The number of aryl methyl sites for hydroxylation is 4. The Kier molecular flexibility index (Phi) is 4.09. The number of nitrogens with zero attached hydrogens (tertiary/aromatic N) is 3. The van der Waals surface area contributed by atoms with Crippen molar-refractivity contribution >= 4 is 17.5 Å². The van der Waals surface area contributed by atoms with Crippen LogP contribution in [0.4, 0.5) is 0 Å². The van der Waals surface area contributed by atoms with E-state index in [0.29, 0.717) is 23.0 Å². The van der Waals surface area contributed by atoms with Crippen molar-refractivity contribution in [2.45, 2.75) is 27.3 Å². The van der Waals surface area contributed by atoms with Crippen molar-refractivity contribution in [3.63, 3.8) is 0 Å². The third kappa shape index (κ3) is 2.82. The topological polar surface area (TPSA) is 59.8 Å². The van der Waals surface area contributed by atoms with Crippen LogP contribution in [0.2, 0.25) is 5.02 Å². The van der Waals surface area contributed by atoms with Crippen LogP contribution >= 0.6 is 11.6 Å². The largest absolute Gasteiger partial charge is 0.347 e. The van der Waals surface area contributed by atoms with Gasteiger partial charge in [-0.25, -0.2) is 0 Å². The zero-order valence-corrected chi connectivity index (χ0v) is 12.7. The molecule has 6 heteroatoms. The molecule has 2 heterocycles. The van der Waals surface area contributed by atoms with Gasteiger partial charge < -0.3 is 5.32 Å². The van der Waals surface area contributed by atoms with E-state index in [2.05, 4.69) is 15.4 Å². The lowest BCUT2D eigenvalue weighted by Gasteiger charge is -2.07. The number of hydrogen-bond acceptors (Lipinski definition) is 3. The minimum atomic E-state index is -0.240.